The first-order valence-electron chi connectivity index (χ1n) is 13.4. The van der Waals surface area contributed by atoms with E-state index in [2.05, 4.69) is 27.9 Å². The molecule has 0 spiro atoms. The fourth-order valence-electron chi connectivity index (χ4n) is 6.07. The average molecular weight is 540 g/mol. The lowest BCUT2D eigenvalue weighted by molar-refractivity contribution is 0.0257. The summed E-state index contributed by atoms with van der Waals surface area (Å²) in [5, 5.41) is 0.975. The minimum atomic E-state index is -2.65. The van der Waals surface area contributed by atoms with Crippen molar-refractivity contribution in [3.8, 4) is 0 Å². The largest absolute Gasteiger partial charge is 0.366 e. The van der Waals surface area contributed by atoms with E-state index < -0.39 is 15.6 Å². The van der Waals surface area contributed by atoms with Crippen LogP contribution in [-0.4, -0.2) is 64.1 Å². The van der Waals surface area contributed by atoms with Crippen molar-refractivity contribution in [1.82, 2.24) is 9.29 Å². The molecule has 3 aromatic rings. The number of nitrogens with zero attached hydrogens (tertiary/aromatic N) is 4. The van der Waals surface area contributed by atoms with Gasteiger partial charge in [0, 0.05) is 73.0 Å². The van der Waals surface area contributed by atoms with E-state index in [-0.39, 0.29) is 19.0 Å². The molecule has 0 aliphatic carbocycles. The quantitative estimate of drug-likeness (QED) is 0.499. The van der Waals surface area contributed by atoms with Gasteiger partial charge in [0.1, 0.15) is 0 Å². The third kappa shape index (κ3) is 4.65. The standard InChI is InChI=1S/C29H35F2N5OS/c1-20-15-24(35-14-9-29(30,31)19-35)17-26-27(5-10-33-28(20)26)34-11-6-21-3-4-25(16-22(21)18-34)38(2,37)36-12-7-23(32)8-13-36/h3-5,10,15-17,23H,2,6-9,11-14,18-19,32H2,1H3. The third-order valence-electron chi connectivity index (χ3n) is 8.35. The Kier molecular flexibility index (Phi) is 6.36. The average Bonchev–Trinajstić information content (AvgIpc) is 3.27. The molecule has 3 aliphatic heterocycles. The monoisotopic (exact) mass is 539 g/mol. The summed E-state index contributed by atoms with van der Waals surface area (Å²) in [4.78, 5) is 9.49. The molecule has 2 saturated heterocycles. The van der Waals surface area contributed by atoms with E-state index in [0.29, 0.717) is 26.2 Å². The molecule has 3 aliphatic rings. The molecule has 1 unspecified atom stereocenters. The number of alkyl halides is 2. The molecule has 0 bridgehead atoms. The summed E-state index contributed by atoms with van der Waals surface area (Å²) in [6, 6.07) is 12.3. The van der Waals surface area contributed by atoms with Gasteiger partial charge in [-0.2, -0.15) is 0 Å². The Hall–Kier alpha value is -2.75. The van der Waals surface area contributed by atoms with Crippen molar-refractivity contribution in [1.29, 1.82) is 0 Å². The maximum Gasteiger partial charge on any atom is 0.266 e. The van der Waals surface area contributed by atoms with Gasteiger partial charge in [-0.25, -0.2) is 17.3 Å². The van der Waals surface area contributed by atoms with Crippen LogP contribution in [0.25, 0.3) is 10.9 Å². The number of fused-ring (bicyclic) bond motifs is 2. The van der Waals surface area contributed by atoms with Gasteiger partial charge in [0.15, 0.2) is 0 Å². The van der Waals surface area contributed by atoms with E-state index in [0.717, 1.165) is 64.1 Å². The summed E-state index contributed by atoms with van der Waals surface area (Å²) in [5.41, 5.74) is 12.2. The molecule has 202 valence electrons. The Balaban J connectivity index is 1.32. The van der Waals surface area contributed by atoms with Crippen LogP contribution in [0.1, 0.15) is 36.0 Å². The first-order valence-corrected chi connectivity index (χ1v) is 15.1. The van der Waals surface area contributed by atoms with Gasteiger partial charge in [-0.05, 0) is 79.1 Å². The Morgan fingerprint density at radius 2 is 1.84 bits per heavy atom. The number of hydrogen-bond donors (Lipinski definition) is 1. The Morgan fingerprint density at radius 3 is 2.58 bits per heavy atom. The molecule has 2 aromatic carbocycles. The van der Waals surface area contributed by atoms with Crippen LogP contribution in [0, 0.1) is 6.92 Å². The van der Waals surface area contributed by atoms with E-state index >= 15 is 0 Å². The highest BCUT2D eigenvalue weighted by Gasteiger charge is 2.38. The fourth-order valence-corrected chi connectivity index (χ4v) is 7.78. The van der Waals surface area contributed by atoms with Crippen LogP contribution in [0.15, 0.2) is 47.5 Å². The highest BCUT2D eigenvalue weighted by Crippen LogP contribution is 2.37. The van der Waals surface area contributed by atoms with Crippen LogP contribution in [-0.2, 0) is 22.7 Å². The maximum absolute atomic E-state index is 14.0. The van der Waals surface area contributed by atoms with Crippen LogP contribution < -0.4 is 15.5 Å². The predicted molar refractivity (Wildman–Crippen MR) is 152 cm³/mol. The van der Waals surface area contributed by atoms with Gasteiger partial charge in [-0.1, -0.05) is 6.07 Å². The van der Waals surface area contributed by atoms with Crippen molar-refractivity contribution in [2.75, 3.05) is 42.5 Å². The molecule has 6 rings (SSSR count). The second-order valence-corrected chi connectivity index (χ2v) is 13.3. The second-order valence-electron chi connectivity index (χ2n) is 11.0. The van der Waals surface area contributed by atoms with Crippen LogP contribution in [0.3, 0.4) is 0 Å². The molecule has 0 radical (unpaired) electrons. The van der Waals surface area contributed by atoms with Crippen LogP contribution in [0.5, 0.6) is 0 Å². The Morgan fingerprint density at radius 1 is 1.05 bits per heavy atom. The summed E-state index contributed by atoms with van der Waals surface area (Å²) < 4.78 is 43.7. The van der Waals surface area contributed by atoms with Crippen LogP contribution >= 0.6 is 0 Å². The normalized spacial score (nSPS) is 22.0. The lowest BCUT2D eigenvalue weighted by Gasteiger charge is -2.34. The molecular formula is C29H35F2N5OS. The Labute approximate surface area is 223 Å². The zero-order valence-electron chi connectivity index (χ0n) is 21.8. The third-order valence-corrected chi connectivity index (χ3v) is 10.5. The van der Waals surface area contributed by atoms with Gasteiger partial charge < -0.3 is 15.5 Å². The van der Waals surface area contributed by atoms with E-state index in [1.54, 1.807) is 4.90 Å². The number of rotatable bonds is 4. The first-order chi connectivity index (χ1) is 18.1. The van der Waals surface area contributed by atoms with Crippen molar-refractivity contribution in [3.63, 3.8) is 0 Å². The lowest BCUT2D eigenvalue weighted by Crippen LogP contribution is -2.42. The number of anilines is 2. The summed E-state index contributed by atoms with van der Waals surface area (Å²) in [6.45, 7) is 4.99. The molecule has 9 heteroatoms. The van der Waals surface area contributed by atoms with Crippen LogP contribution in [0.2, 0.25) is 0 Å². The molecule has 6 nitrogen and oxygen atoms in total. The van der Waals surface area contributed by atoms with Gasteiger partial charge in [-0.3, -0.25) is 4.98 Å². The zero-order valence-corrected chi connectivity index (χ0v) is 22.7. The first kappa shape index (κ1) is 25.5. The minimum Gasteiger partial charge on any atom is -0.366 e. The van der Waals surface area contributed by atoms with Crippen molar-refractivity contribution in [2.45, 2.75) is 56.0 Å². The van der Waals surface area contributed by atoms with Gasteiger partial charge in [0.05, 0.1) is 21.8 Å². The number of piperidine rings is 1. The zero-order chi connectivity index (χ0) is 26.7. The summed E-state index contributed by atoms with van der Waals surface area (Å²) in [7, 11) is -2.58. The molecule has 0 amide bonds. The summed E-state index contributed by atoms with van der Waals surface area (Å²) in [5.74, 6) is 1.51. The number of pyridine rings is 1. The molecule has 38 heavy (non-hydrogen) atoms. The van der Waals surface area contributed by atoms with Gasteiger partial charge in [0.25, 0.3) is 5.92 Å². The van der Waals surface area contributed by atoms with Crippen LogP contribution in [0.4, 0.5) is 20.2 Å². The van der Waals surface area contributed by atoms with Crippen molar-refractivity contribution in [2.24, 2.45) is 5.73 Å². The topological polar surface area (TPSA) is 65.7 Å². The number of aromatic nitrogens is 1. The predicted octanol–water partition coefficient (Wildman–Crippen LogP) is 4.36. The highest BCUT2D eigenvalue weighted by molar-refractivity contribution is 7.98. The molecule has 4 heterocycles. The van der Waals surface area contributed by atoms with Gasteiger partial charge in [-0.15, -0.1) is 0 Å². The summed E-state index contributed by atoms with van der Waals surface area (Å²) >= 11 is 0. The molecule has 2 N–H and O–H groups in total. The molecule has 2 fully saturated rings. The summed E-state index contributed by atoms with van der Waals surface area (Å²) in [6.07, 6.45) is 4.24. The highest BCUT2D eigenvalue weighted by atomic mass is 32.2. The number of nitrogens with two attached hydrogens (primary N) is 1. The number of aryl methyl sites for hydroxylation is 1. The number of hydrogen-bond acceptors (Lipinski definition) is 5. The second kappa shape index (κ2) is 9.47. The fraction of sp³-hybridized carbons (Fsp3) is 0.448. The molecule has 0 saturated carbocycles. The maximum atomic E-state index is 14.0. The number of halogens is 2. The van der Waals surface area contributed by atoms with Crippen molar-refractivity contribution in [3.05, 3.63) is 59.3 Å². The number of benzene rings is 2. The van der Waals surface area contributed by atoms with Crippen molar-refractivity contribution < 1.29 is 13.0 Å². The minimum absolute atomic E-state index is 0.116. The van der Waals surface area contributed by atoms with E-state index in [4.69, 9.17) is 5.73 Å². The lowest BCUT2D eigenvalue weighted by atomic mass is 9.98. The van der Waals surface area contributed by atoms with Gasteiger partial charge in [0.2, 0.25) is 0 Å². The molecule has 1 aromatic heterocycles. The molecule has 1 atom stereocenters. The Bertz CT molecular complexity index is 1480. The SMILES string of the molecule is C=S(=O)(c1ccc2c(c1)CN(c1ccnc3c(C)cc(N4CCC(F)(F)C4)cc13)CC2)N1CCC(N)CC1. The van der Waals surface area contributed by atoms with E-state index in [1.807, 2.05) is 41.7 Å². The van der Waals surface area contributed by atoms with E-state index in [9.17, 15) is 13.0 Å². The van der Waals surface area contributed by atoms with Crippen molar-refractivity contribution >= 4 is 37.9 Å². The van der Waals surface area contributed by atoms with Gasteiger partial charge >= 0.3 is 0 Å². The smallest absolute Gasteiger partial charge is 0.266 e. The molecular weight excluding hydrogens is 504 g/mol. The van der Waals surface area contributed by atoms with E-state index in [1.165, 1.54) is 5.56 Å².